The minimum absolute atomic E-state index is 0.700. The van der Waals surface area contributed by atoms with E-state index in [-0.39, 0.29) is 0 Å². The smallest absolute Gasteiger partial charge is 0.122 e. The highest BCUT2D eigenvalue weighted by Gasteiger charge is 2.11. The molecule has 0 aliphatic carbocycles. The van der Waals surface area contributed by atoms with Gasteiger partial charge in [0.1, 0.15) is 11.4 Å². The van der Waals surface area contributed by atoms with Crippen molar-refractivity contribution in [3.8, 4) is 22.7 Å². The van der Waals surface area contributed by atoms with Gasteiger partial charge in [-0.25, -0.2) is 4.68 Å². The predicted molar refractivity (Wildman–Crippen MR) is 87.2 cm³/mol. The highest BCUT2D eigenvalue weighted by molar-refractivity contribution is 5.66. The molecule has 5 heteroatoms. The summed E-state index contributed by atoms with van der Waals surface area (Å²) in [5.74, 6) is 0.879. The van der Waals surface area contributed by atoms with Crippen molar-refractivity contribution < 1.29 is 4.74 Å². The Hall–Kier alpha value is -2.82. The molecule has 0 aliphatic heterocycles. The molecule has 0 saturated carbocycles. The number of aryl methyl sites for hydroxylation is 2. The van der Waals surface area contributed by atoms with E-state index in [4.69, 9.17) is 10.5 Å². The molecule has 0 fully saturated rings. The van der Waals surface area contributed by atoms with Crippen LogP contribution in [0.25, 0.3) is 16.9 Å². The summed E-state index contributed by atoms with van der Waals surface area (Å²) in [5.41, 5.74) is 11.4. The zero-order valence-corrected chi connectivity index (χ0v) is 12.9. The molecule has 0 amide bonds. The van der Waals surface area contributed by atoms with Crippen molar-refractivity contribution in [3.05, 3.63) is 53.7 Å². The summed E-state index contributed by atoms with van der Waals surface area (Å²) in [5, 5.41) is 8.48. The second-order valence-corrected chi connectivity index (χ2v) is 5.28. The van der Waals surface area contributed by atoms with Gasteiger partial charge in [0.05, 0.1) is 19.0 Å². The molecule has 2 N–H and O–H groups in total. The number of nitrogen functional groups attached to an aromatic ring is 1. The molecule has 0 atom stereocenters. The second-order valence-electron chi connectivity index (χ2n) is 5.28. The molecule has 112 valence electrons. The zero-order chi connectivity index (χ0) is 15.7. The van der Waals surface area contributed by atoms with Gasteiger partial charge in [0.15, 0.2) is 0 Å². The van der Waals surface area contributed by atoms with E-state index in [2.05, 4.69) is 16.4 Å². The number of aromatic nitrogens is 3. The molecule has 1 heterocycles. The summed E-state index contributed by atoms with van der Waals surface area (Å²) in [4.78, 5) is 0. The maximum absolute atomic E-state index is 5.81. The number of nitrogens with zero attached hydrogens (tertiary/aromatic N) is 3. The van der Waals surface area contributed by atoms with Gasteiger partial charge in [-0.15, -0.1) is 5.10 Å². The molecule has 22 heavy (non-hydrogen) atoms. The third kappa shape index (κ3) is 2.53. The van der Waals surface area contributed by atoms with Crippen LogP contribution in [0.15, 0.2) is 42.6 Å². The average Bonchev–Trinajstić information content (AvgIpc) is 2.99. The Morgan fingerprint density at radius 1 is 1.09 bits per heavy atom. The highest BCUT2D eigenvalue weighted by Crippen LogP contribution is 2.29. The number of ether oxygens (including phenoxy) is 1. The first-order valence-electron chi connectivity index (χ1n) is 7.02. The van der Waals surface area contributed by atoms with E-state index in [0.29, 0.717) is 5.69 Å². The average molecular weight is 294 g/mol. The van der Waals surface area contributed by atoms with Crippen LogP contribution in [0, 0.1) is 13.8 Å². The van der Waals surface area contributed by atoms with E-state index in [0.717, 1.165) is 33.8 Å². The molecular weight excluding hydrogens is 276 g/mol. The molecule has 0 bridgehead atoms. The maximum Gasteiger partial charge on any atom is 0.122 e. The Balaban J connectivity index is 2.03. The predicted octanol–water partition coefficient (Wildman–Crippen LogP) is 3.14. The molecule has 0 aliphatic rings. The quantitative estimate of drug-likeness (QED) is 0.754. The summed E-state index contributed by atoms with van der Waals surface area (Å²) >= 11 is 0. The molecule has 0 saturated heterocycles. The lowest BCUT2D eigenvalue weighted by Gasteiger charge is -2.09. The fourth-order valence-electron chi connectivity index (χ4n) is 2.47. The van der Waals surface area contributed by atoms with Crippen molar-refractivity contribution in [1.82, 2.24) is 15.0 Å². The number of nitrogens with two attached hydrogens (primary N) is 1. The van der Waals surface area contributed by atoms with Crippen LogP contribution < -0.4 is 10.5 Å². The van der Waals surface area contributed by atoms with E-state index in [1.807, 2.05) is 50.4 Å². The van der Waals surface area contributed by atoms with Gasteiger partial charge in [-0.05, 0) is 55.3 Å². The van der Waals surface area contributed by atoms with Gasteiger partial charge < -0.3 is 10.5 Å². The molecule has 5 nitrogen and oxygen atoms in total. The van der Waals surface area contributed by atoms with Crippen LogP contribution in [0.1, 0.15) is 11.1 Å². The van der Waals surface area contributed by atoms with Crippen molar-refractivity contribution in [2.45, 2.75) is 13.8 Å². The highest BCUT2D eigenvalue weighted by atomic mass is 16.5. The Kier molecular flexibility index (Phi) is 3.55. The second kappa shape index (κ2) is 5.52. The van der Waals surface area contributed by atoms with E-state index >= 15 is 0 Å². The minimum Gasteiger partial charge on any atom is -0.496 e. The van der Waals surface area contributed by atoms with Gasteiger partial charge in [-0.2, -0.15) is 0 Å². The van der Waals surface area contributed by atoms with Crippen LogP contribution in [0.2, 0.25) is 0 Å². The molecule has 0 radical (unpaired) electrons. The summed E-state index contributed by atoms with van der Waals surface area (Å²) in [6.07, 6.45) is 1.91. The first-order valence-corrected chi connectivity index (χ1v) is 7.02. The van der Waals surface area contributed by atoms with Gasteiger partial charge >= 0.3 is 0 Å². The SMILES string of the molecule is COc1cc(C)c(-c2cn(-c3cccc(N)c3)nn2)cc1C. The van der Waals surface area contributed by atoms with Crippen molar-refractivity contribution in [3.63, 3.8) is 0 Å². The van der Waals surface area contributed by atoms with Crippen LogP contribution in [0.4, 0.5) is 5.69 Å². The third-order valence-electron chi connectivity index (χ3n) is 3.65. The fourth-order valence-corrected chi connectivity index (χ4v) is 2.47. The molecule has 0 spiro atoms. The number of rotatable bonds is 3. The van der Waals surface area contributed by atoms with Crippen molar-refractivity contribution >= 4 is 5.69 Å². The van der Waals surface area contributed by atoms with Crippen molar-refractivity contribution in [2.24, 2.45) is 0 Å². The lowest BCUT2D eigenvalue weighted by Crippen LogP contribution is -1.95. The summed E-state index contributed by atoms with van der Waals surface area (Å²) in [7, 11) is 1.68. The number of benzene rings is 2. The fraction of sp³-hybridized carbons (Fsp3) is 0.176. The van der Waals surface area contributed by atoms with E-state index in [1.165, 1.54) is 0 Å². The van der Waals surface area contributed by atoms with Gasteiger partial charge in [0.2, 0.25) is 0 Å². The van der Waals surface area contributed by atoms with Crippen LogP contribution in [0.3, 0.4) is 0 Å². The molecular formula is C17H18N4O. The van der Waals surface area contributed by atoms with Gasteiger partial charge in [-0.3, -0.25) is 0 Å². The van der Waals surface area contributed by atoms with Crippen molar-refractivity contribution in [1.29, 1.82) is 0 Å². The Labute approximate surface area is 129 Å². The topological polar surface area (TPSA) is 66.0 Å². The van der Waals surface area contributed by atoms with Gasteiger partial charge in [0, 0.05) is 11.3 Å². The van der Waals surface area contributed by atoms with Crippen LogP contribution in [-0.2, 0) is 0 Å². The Morgan fingerprint density at radius 2 is 1.91 bits per heavy atom. The van der Waals surface area contributed by atoms with E-state index < -0.39 is 0 Å². The van der Waals surface area contributed by atoms with Crippen LogP contribution in [-0.4, -0.2) is 22.1 Å². The molecule has 3 aromatic rings. The number of hydrogen-bond donors (Lipinski definition) is 1. The number of anilines is 1. The van der Waals surface area contributed by atoms with E-state index in [9.17, 15) is 0 Å². The van der Waals surface area contributed by atoms with Gasteiger partial charge in [0.25, 0.3) is 0 Å². The summed E-state index contributed by atoms with van der Waals surface area (Å²) < 4.78 is 7.08. The largest absolute Gasteiger partial charge is 0.496 e. The zero-order valence-electron chi connectivity index (χ0n) is 12.9. The summed E-state index contributed by atoms with van der Waals surface area (Å²) in [6, 6.07) is 11.6. The number of hydrogen-bond acceptors (Lipinski definition) is 4. The Bertz CT molecular complexity index is 823. The molecule has 1 aromatic heterocycles. The molecule has 3 rings (SSSR count). The monoisotopic (exact) mass is 294 g/mol. The van der Waals surface area contributed by atoms with E-state index in [1.54, 1.807) is 11.8 Å². The lowest BCUT2D eigenvalue weighted by molar-refractivity contribution is 0.411. The van der Waals surface area contributed by atoms with Crippen molar-refractivity contribution in [2.75, 3.05) is 12.8 Å². The molecule has 0 unspecified atom stereocenters. The number of methoxy groups -OCH3 is 1. The van der Waals surface area contributed by atoms with Gasteiger partial charge in [-0.1, -0.05) is 11.3 Å². The van der Waals surface area contributed by atoms with Crippen LogP contribution in [0.5, 0.6) is 5.75 Å². The maximum atomic E-state index is 5.81. The standard InChI is InChI=1S/C17H18N4O/c1-11-8-17(22-3)12(2)7-15(11)16-10-21(20-19-16)14-6-4-5-13(18)9-14/h4-10H,18H2,1-3H3. The van der Waals surface area contributed by atoms with Crippen LogP contribution >= 0.6 is 0 Å². The minimum atomic E-state index is 0.700. The molecule has 2 aromatic carbocycles. The normalized spacial score (nSPS) is 10.7. The lowest BCUT2D eigenvalue weighted by atomic mass is 10.0. The first-order chi connectivity index (χ1) is 10.6. The summed E-state index contributed by atoms with van der Waals surface area (Å²) in [6.45, 7) is 4.06. The first kappa shape index (κ1) is 14.1. The Morgan fingerprint density at radius 3 is 2.64 bits per heavy atom. The third-order valence-corrected chi connectivity index (χ3v) is 3.65.